The van der Waals surface area contributed by atoms with Crippen molar-refractivity contribution in [2.24, 2.45) is 0 Å². The smallest absolute Gasteiger partial charge is 0.387 e. The van der Waals surface area contributed by atoms with E-state index < -0.39 is 6.61 Å². The first-order chi connectivity index (χ1) is 11.8. The van der Waals surface area contributed by atoms with Gasteiger partial charge in [0.15, 0.2) is 6.54 Å². The fourth-order valence-electron chi connectivity index (χ4n) is 2.21. The molecule has 2 aromatic carbocycles. The summed E-state index contributed by atoms with van der Waals surface area (Å²) in [5.41, 5.74) is 1.38. The minimum Gasteiger partial charge on any atom is -0.435 e. The third kappa shape index (κ3) is 6.16. The van der Waals surface area contributed by atoms with Crippen molar-refractivity contribution >= 4 is 34.8 Å². The number of benzene rings is 2. The van der Waals surface area contributed by atoms with Crippen LogP contribution in [0.1, 0.15) is 18.5 Å². The maximum absolute atomic E-state index is 12.1. The number of anilines is 1. The fraction of sp³-hybridized carbons (Fsp3) is 0.235. The molecule has 25 heavy (non-hydrogen) atoms. The molecule has 0 radical (unpaired) electrons. The topological polar surface area (TPSA) is 54.9 Å². The van der Waals surface area contributed by atoms with Gasteiger partial charge in [0.1, 0.15) is 11.8 Å². The van der Waals surface area contributed by atoms with E-state index in [9.17, 15) is 13.6 Å². The van der Waals surface area contributed by atoms with E-state index >= 15 is 0 Å². The molecule has 0 spiro atoms. The van der Waals surface area contributed by atoms with Gasteiger partial charge in [0.25, 0.3) is 5.91 Å². The average Bonchev–Trinajstić information content (AvgIpc) is 2.54. The second-order valence-electron chi connectivity index (χ2n) is 5.35. The molecule has 1 amide bonds. The van der Waals surface area contributed by atoms with E-state index in [4.69, 9.17) is 23.2 Å². The molecule has 0 aliphatic rings. The Morgan fingerprint density at radius 1 is 1.20 bits per heavy atom. The predicted molar refractivity (Wildman–Crippen MR) is 93.4 cm³/mol. The van der Waals surface area contributed by atoms with Gasteiger partial charge in [0.2, 0.25) is 0 Å². The van der Waals surface area contributed by atoms with Crippen LogP contribution in [-0.2, 0) is 4.79 Å². The van der Waals surface area contributed by atoms with Crippen LogP contribution in [0, 0.1) is 0 Å². The van der Waals surface area contributed by atoms with E-state index in [0.29, 0.717) is 15.7 Å². The molecule has 134 valence electrons. The Morgan fingerprint density at radius 2 is 1.88 bits per heavy atom. The van der Waals surface area contributed by atoms with Gasteiger partial charge >= 0.3 is 6.61 Å². The first kappa shape index (κ1) is 19.4. The van der Waals surface area contributed by atoms with Crippen molar-refractivity contribution in [3.8, 4) is 5.75 Å². The van der Waals surface area contributed by atoms with E-state index in [1.54, 1.807) is 12.1 Å². The van der Waals surface area contributed by atoms with Crippen LogP contribution in [0.15, 0.2) is 42.5 Å². The molecule has 1 atom stereocenters. The summed E-state index contributed by atoms with van der Waals surface area (Å²) in [6.07, 6.45) is 0. The van der Waals surface area contributed by atoms with Crippen LogP contribution in [0.3, 0.4) is 0 Å². The maximum Gasteiger partial charge on any atom is 0.387 e. The van der Waals surface area contributed by atoms with Crippen molar-refractivity contribution < 1.29 is 23.6 Å². The molecule has 0 saturated carbocycles. The van der Waals surface area contributed by atoms with Gasteiger partial charge in [-0.2, -0.15) is 8.78 Å². The molecule has 8 heteroatoms. The lowest BCUT2D eigenvalue weighted by molar-refractivity contribution is -0.682. The van der Waals surface area contributed by atoms with Crippen LogP contribution >= 0.6 is 23.2 Å². The summed E-state index contributed by atoms with van der Waals surface area (Å²) in [5.74, 6) is -0.190. The molecule has 0 heterocycles. The van der Waals surface area contributed by atoms with Crippen molar-refractivity contribution in [1.82, 2.24) is 0 Å². The second-order valence-corrected chi connectivity index (χ2v) is 6.19. The van der Waals surface area contributed by atoms with Crippen LogP contribution in [0.2, 0.25) is 10.0 Å². The summed E-state index contributed by atoms with van der Waals surface area (Å²) in [4.78, 5) is 12.0. The van der Waals surface area contributed by atoms with Crippen LogP contribution in [0.4, 0.5) is 14.5 Å². The number of carbonyl (C=O) groups excluding carboxylic acids is 1. The van der Waals surface area contributed by atoms with Crippen molar-refractivity contribution in [2.45, 2.75) is 19.6 Å². The molecule has 3 N–H and O–H groups in total. The Labute approximate surface area is 154 Å². The van der Waals surface area contributed by atoms with Crippen LogP contribution < -0.4 is 15.4 Å². The van der Waals surface area contributed by atoms with Crippen molar-refractivity contribution in [1.29, 1.82) is 0 Å². The second kappa shape index (κ2) is 8.99. The molecule has 0 aromatic heterocycles. The number of quaternary nitrogens is 1. The van der Waals surface area contributed by atoms with E-state index in [1.807, 2.05) is 18.3 Å². The zero-order valence-corrected chi connectivity index (χ0v) is 14.8. The lowest BCUT2D eigenvalue weighted by Crippen LogP contribution is -2.86. The first-order valence-electron chi connectivity index (χ1n) is 7.48. The summed E-state index contributed by atoms with van der Waals surface area (Å²) in [6, 6.07) is 10.9. The van der Waals surface area contributed by atoms with E-state index in [2.05, 4.69) is 10.1 Å². The molecule has 2 rings (SSSR count). The van der Waals surface area contributed by atoms with Gasteiger partial charge in [0, 0.05) is 16.3 Å². The summed E-state index contributed by atoms with van der Waals surface area (Å²) >= 11 is 12.0. The fourth-order valence-corrected chi connectivity index (χ4v) is 2.79. The minimum absolute atomic E-state index is 0.0302. The number of nitrogens with one attached hydrogen (secondary N) is 1. The van der Waals surface area contributed by atoms with Gasteiger partial charge in [0.05, 0.1) is 5.02 Å². The van der Waals surface area contributed by atoms with E-state index in [-0.39, 0.29) is 24.2 Å². The summed E-state index contributed by atoms with van der Waals surface area (Å²) in [7, 11) is 0. The molecule has 0 aliphatic heterocycles. The molecule has 4 nitrogen and oxygen atoms in total. The number of halogens is 4. The third-order valence-electron chi connectivity index (χ3n) is 3.47. The van der Waals surface area contributed by atoms with E-state index in [1.165, 1.54) is 24.3 Å². The Hall–Kier alpha value is -1.89. The normalized spacial score (nSPS) is 12.1. The first-order valence-corrected chi connectivity index (χ1v) is 8.23. The lowest BCUT2D eigenvalue weighted by atomic mass is 10.1. The molecule has 0 fully saturated rings. The molecular formula is C17H17Cl2F2N2O2+. The van der Waals surface area contributed by atoms with Gasteiger partial charge in [-0.25, -0.2) is 0 Å². The maximum atomic E-state index is 12.1. The van der Waals surface area contributed by atoms with Crippen LogP contribution in [0.25, 0.3) is 0 Å². The highest BCUT2D eigenvalue weighted by atomic mass is 35.5. The molecule has 0 saturated heterocycles. The van der Waals surface area contributed by atoms with Gasteiger partial charge in [-0.1, -0.05) is 29.3 Å². The Kier molecular flexibility index (Phi) is 6.99. The number of amides is 1. The number of nitrogens with two attached hydrogens (primary N) is 1. The highest BCUT2D eigenvalue weighted by molar-refractivity contribution is 6.35. The average molecular weight is 390 g/mol. The number of hydrogen-bond donors (Lipinski definition) is 2. The van der Waals surface area contributed by atoms with Gasteiger partial charge in [-0.3, -0.25) is 4.79 Å². The van der Waals surface area contributed by atoms with Crippen LogP contribution in [0.5, 0.6) is 5.75 Å². The number of hydrogen-bond acceptors (Lipinski definition) is 2. The largest absolute Gasteiger partial charge is 0.435 e. The SMILES string of the molecule is C[C@H]([NH2+]CC(=O)Nc1ccc(OC(F)F)cc1)c1ccc(Cl)cc1Cl. The lowest BCUT2D eigenvalue weighted by Gasteiger charge is -2.13. The predicted octanol–water partition coefficient (Wildman–Crippen LogP) is 3.86. The molecule has 0 aliphatic carbocycles. The zero-order chi connectivity index (χ0) is 18.4. The summed E-state index contributed by atoms with van der Waals surface area (Å²) in [6.45, 7) is -0.773. The molecule has 2 aromatic rings. The highest BCUT2D eigenvalue weighted by Gasteiger charge is 2.15. The monoisotopic (exact) mass is 389 g/mol. The minimum atomic E-state index is -2.88. The van der Waals surface area contributed by atoms with Crippen LogP contribution in [-0.4, -0.2) is 19.1 Å². The van der Waals surface area contributed by atoms with Gasteiger partial charge < -0.3 is 15.4 Å². The van der Waals surface area contributed by atoms with E-state index in [0.717, 1.165) is 5.56 Å². The quantitative estimate of drug-likeness (QED) is 0.755. The number of carbonyl (C=O) groups is 1. The zero-order valence-electron chi connectivity index (χ0n) is 13.3. The highest BCUT2D eigenvalue weighted by Crippen LogP contribution is 2.24. The Balaban J connectivity index is 1.85. The summed E-state index contributed by atoms with van der Waals surface area (Å²) in [5, 5.41) is 5.62. The Bertz CT molecular complexity index is 727. The molecule has 0 bridgehead atoms. The Morgan fingerprint density at radius 3 is 2.48 bits per heavy atom. The number of ether oxygens (including phenoxy) is 1. The standard InChI is InChI=1S/C17H16Cl2F2N2O2/c1-10(14-7-2-11(18)8-15(14)19)22-9-16(24)23-12-3-5-13(6-4-12)25-17(20)21/h2-8,10,17,22H,9H2,1H3,(H,23,24)/p+1/t10-/m0/s1. The van der Waals surface area contributed by atoms with Gasteiger partial charge in [-0.15, -0.1) is 0 Å². The number of alkyl halides is 2. The molecular weight excluding hydrogens is 373 g/mol. The molecule has 0 unspecified atom stereocenters. The third-order valence-corrected chi connectivity index (χ3v) is 4.04. The van der Waals surface area contributed by atoms with Crippen molar-refractivity contribution in [3.63, 3.8) is 0 Å². The van der Waals surface area contributed by atoms with Crippen molar-refractivity contribution in [2.75, 3.05) is 11.9 Å². The van der Waals surface area contributed by atoms with Gasteiger partial charge in [-0.05, 0) is 43.3 Å². The number of rotatable bonds is 7. The summed E-state index contributed by atoms with van der Waals surface area (Å²) < 4.78 is 28.4. The van der Waals surface area contributed by atoms with Crippen molar-refractivity contribution in [3.05, 3.63) is 58.1 Å².